The summed E-state index contributed by atoms with van der Waals surface area (Å²) < 4.78 is 5.07. The molecule has 0 aliphatic heterocycles. The van der Waals surface area contributed by atoms with Crippen LogP contribution in [0.2, 0.25) is 0 Å². The van der Waals surface area contributed by atoms with E-state index in [0.717, 1.165) is 27.9 Å². The van der Waals surface area contributed by atoms with Gasteiger partial charge in [-0.25, -0.2) is 0 Å². The second-order valence-electron chi connectivity index (χ2n) is 6.04. The first-order valence-electron chi connectivity index (χ1n) is 7.95. The van der Waals surface area contributed by atoms with Crippen LogP contribution >= 0.6 is 0 Å². The van der Waals surface area contributed by atoms with E-state index in [1.165, 1.54) is 0 Å². The van der Waals surface area contributed by atoms with Crippen LogP contribution in [-0.4, -0.2) is 29.1 Å². The summed E-state index contributed by atoms with van der Waals surface area (Å²) in [6, 6.07) is 15.5. The number of amides is 1. The van der Waals surface area contributed by atoms with Gasteiger partial charge in [-0.05, 0) is 32.3 Å². The second kappa shape index (κ2) is 6.84. The molecule has 0 radical (unpaired) electrons. The fourth-order valence-corrected chi connectivity index (χ4v) is 2.66. The maximum absolute atomic E-state index is 12.6. The van der Waals surface area contributed by atoms with Gasteiger partial charge in [0.05, 0.1) is 11.7 Å². The summed E-state index contributed by atoms with van der Waals surface area (Å²) in [5, 5.41) is 9.15. The lowest BCUT2D eigenvalue weighted by Crippen LogP contribution is -2.39. The van der Waals surface area contributed by atoms with Crippen LogP contribution in [-0.2, 0) is 11.3 Å². The number of nitrogens with one attached hydrogen (secondary N) is 1. The quantitative estimate of drug-likeness (QED) is 0.779. The molecule has 0 aliphatic rings. The van der Waals surface area contributed by atoms with Crippen LogP contribution < -0.4 is 5.32 Å². The molecule has 0 saturated heterocycles. The van der Waals surface area contributed by atoms with Gasteiger partial charge in [0.25, 0.3) is 0 Å². The molecule has 5 nitrogen and oxygen atoms in total. The molecular formula is C19H21N3O2. The van der Waals surface area contributed by atoms with Crippen LogP contribution in [0.3, 0.4) is 0 Å². The van der Waals surface area contributed by atoms with Crippen LogP contribution in [0.25, 0.3) is 10.8 Å². The van der Waals surface area contributed by atoms with Gasteiger partial charge in [0.15, 0.2) is 0 Å². The Hall–Kier alpha value is -2.66. The molecule has 0 spiro atoms. The maximum Gasteiger partial charge on any atom is 0.241 e. The van der Waals surface area contributed by atoms with E-state index < -0.39 is 0 Å². The first-order chi connectivity index (χ1) is 11.5. The summed E-state index contributed by atoms with van der Waals surface area (Å²) in [5.74, 6) is 0.723. The smallest absolute Gasteiger partial charge is 0.241 e. The molecule has 3 rings (SSSR count). The van der Waals surface area contributed by atoms with E-state index in [4.69, 9.17) is 4.52 Å². The van der Waals surface area contributed by atoms with Crippen molar-refractivity contribution < 1.29 is 9.32 Å². The largest absolute Gasteiger partial charge is 0.361 e. The molecule has 1 amide bonds. The van der Waals surface area contributed by atoms with Gasteiger partial charge in [0.2, 0.25) is 5.91 Å². The fraction of sp³-hybridized carbons (Fsp3) is 0.263. The zero-order valence-corrected chi connectivity index (χ0v) is 14.1. The zero-order chi connectivity index (χ0) is 17.1. The van der Waals surface area contributed by atoms with Crippen LogP contribution in [0.1, 0.15) is 18.4 Å². The first kappa shape index (κ1) is 16.2. The molecule has 24 heavy (non-hydrogen) atoms. The molecule has 2 aromatic carbocycles. The highest BCUT2D eigenvalue weighted by Gasteiger charge is 2.20. The molecular weight excluding hydrogens is 302 g/mol. The summed E-state index contributed by atoms with van der Waals surface area (Å²) in [7, 11) is 1.90. The van der Waals surface area contributed by atoms with Gasteiger partial charge in [-0.15, -0.1) is 0 Å². The number of carbonyl (C=O) groups excluding carboxylic acids is 1. The Labute approximate surface area is 141 Å². The molecule has 0 saturated carbocycles. The topological polar surface area (TPSA) is 58.4 Å². The molecule has 1 unspecified atom stereocenters. The lowest BCUT2D eigenvalue weighted by Gasteiger charge is -2.23. The number of rotatable bonds is 5. The molecule has 124 valence electrons. The SMILES string of the molecule is Cc1cc(CN(C)C(C)C(=O)Nc2cccc3ccccc23)no1. The maximum atomic E-state index is 12.6. The lowest BCUT2D eigenvalue weighted by molar-refractivity contribution is -0.120. The van der Waals surface area contributed by atoms with Crippen molar-refractivity contribution in [3.63, 3.8) is 0 Å². The Morgan fingerprint density at radius 2 is 2.00 bits per heavy atom. The van der Waals surface area contributed by atoms with Gasteiger partial charge in [0.1, 0.15) is 5.76 Å². The third-order valence-corrected chi connectivity index (χ3v) is 4.18. The third kappa shape index (κ3) is 3.46. The normalized spacial score (nSPS) is 12.5. The van der Waals surface area contributed by atoms with Crippen LogP contribution in [0.15, 0.2) is 53.1 Å². The minimum atomic E-state index is -0.291. The Kier molecular flexibility index (Phi) is 4.62. The van der Waals surface area contributed by atoms with Crippen molar-refractivity contribution in [3.8, 4) is 0 Å². The number of fused-ring (bicyclic) bond motifs is 1. The van der Waals surface area contributed by atoms with Crippen molar-refractivity contribution in [2.75, 3.05) is 12.4 Å². The molecule has 0 fully saturated rings. The van der Waals surface area contributed by atoms with E-state index >= 15 is 0 Å². The Balaban J connectivity index is 1.71. The van der Waals surface area contributed by atoms with Crippen molar-refractivity contribution in [3.05, 3.63) is 60.0 Å². The standard InChI is InChI=1S/C19H21N3O2/c1-13-11-16(21-24-13)12-22(3)14(2)19(23)20-18-10-6-8-15-7-4-5-9-17(15)18/h4-11,14H,12H2,1-3H3,(H,20,23). The average Bonchev–Trinajstić information content (AvgIpc) is 2.99. The highest BCUT2D eigenvalue weighted by molar-refractivity contribution is 6.03. The number of hydrogen-bond acceptors (Lipinski definition) is 4. The van der Waals surface area contributed by atoms with Crippen molar-refractivity contribution in [1.29, 1.82) is 0 Å². The van der Waals surface area contributed by atoms with E-state index in [1.54, 1.807) is 0 Å². The summed E-state index contributed by atoms with van der Waals surface area (Å²) >= 11 is 0. The minimum absolute atomic E-state index is 0.0472. The van der Waals surface area contributed by atoms with Crippen LogP contribution in [0.5, 0.6) is 0 Å². The number of likely N-dealkylation sites (N-methyl/N-ethyl adjacent to an activating group) is 1. The van der Waals surface area contributed by atoms with Crippen molar-refractivity contribution in [1.82, 2.24) is 10.1 Å². The Morgan fingerprint density at radius 3 is 2.75 bits per heavy atom. The zero-order valence-electron chi connectivity index (χ0n) is 14.1. The summed E-state index contributed by atoms with van der Waals surface area (Å²) in [6.07, 6.45) is 0. The molecule has 1 atom stereocenters. The highest BCUT2D eigenvalue weighted by Crippen LogP contribution is 2.23. The summed E-state index contributed by atoms with van der Waals surface area (Å²) in [4.78, 5) is 14.5. The number of anilines is 1. The van der Waals surface area contributed by atoms with Gasteiger partial charge in [-0.3, -0.25) is 9.69 Å². The van der Waals surface area contributed by atoms with Gasteiger partial charge in [-0.1, -0.05) is 41.6 Å². The van der Waals surface area contributed by atoms with Crippen molar-refractivity contribution >= 4 is 22.4 Å². The van der Waals surface area contributed by atoms with E-state index in [1.807, 2.05) is 74.3 Å². The number of nitrogens with zero attached hydrogens (tertiary/aromatic N) is 2. The molecule has 1 heterocycles. The molecule has 0 bridgehead atoms. The molecule has 1 N–H and O–H groups in total. The number of hydrogen-bond donors (Lipinski definition) is 1. The fourth-order valence-electron chi connectivity index (χ4n) is 2.66. The molecule has 1 aromatic heterocycles. The van der Waals surface area contributed by atoms with Crippen molar-refractivity contribution in [2.24, 2.45) is 0 Å². The summed E-state index contributed by atoms with van der Waals surface area (Å²) in [5.41, 5.74) is 1.65. The predicted octanol–water partition coefficient (Wildman–Crippen LogP) is 3.60. The average molecular weight is 323 g/mol. The van der Waals surface area contributed by atoms with E-state index in [-0.39, 0.29) is 11.9 Å². The monoisotopic (exact) mass is 323 g/mol. The van der Waals surface area contributed by atoms with Gasteiger partial charge < -0.3 is 9.84 Å². The van der Waals surface area contributed by atoms with Crippen LogP contribution in [0, 0.1) is 6.92 Å². The first-order valence-corrected chi connectivity index (χ1v) is 7.95. The highest BCUT2D eigenvalue weighted by atomic mass is 16.5. The Bertz CT molecular complexity index is 851. The minimum Gasteiger partial charge on any atom is -0.361 e. The number of benzene rings is 2. The molecule has 5 heteroatoms. The van der Waals surface area contributed by atoms with Crippen LogP contribution in [0.4, 0.5) is 5.69 Å². The van der Waals surface area contributed by atoms with Gasteiger partial charge in [0, 0.05) is 23.7 Å². The molecule has 3 aromatic rings. The summed E-state index contributed by atoms with van der Waals surface area (Å²) in [6.45, 7) is 4.29. The van der Waals surface area contributed by atoms with E-state index in [0.29, 0.717) is 6.54 Å². The lowest BCUT2D eigenvalue weighted by atomic mass is 10.1. The van der Waals surface area contributed by atoms with Gasteiger partial charge >= 0.3 is 0 Å². The van der Waals surface area contributed by atoms with Gasteiger partial charge in [-0.2, -0.15) is 0 Å². The number of aryl methyl sites for hydroxylation is 1. The Morgan fingerprint density at radius 1 is 1.25 bits per heavy atom. The van der Waals surface area contributed by atoms with E-state index in [9.17, 15) is 4.79 Å². The number of aromatic nitrogens is 1. The number of carbonyl (C=O) groups is 1. The molecule has 0 aliphatic carbocycles. The predicted molar refractivity (Wildman–Crippen MR) is 94.7 cm³/mol. The van der Waals surface area contributed by atoms with E-state index in [2.05, 4.69) is 10.5 Å². The van der Waals surface area contributed by atoms with Crippen molar-refractivity contribution in [2.45, 2.75) is 26.4 Å². The third-order valence-electron chi connectivity index (χ3n) is 4.18. The second-order valence-corrected chi connectivity index (χ2v) is 6.04.